The number of hydrogen-bond acceptors (Lipinski definition) is 3. The Morgan fingerprint density at radius 2 is 1.48 bits per heavy atom. The highest BCUT2D eigenvalue weighted by molar-refractivity contribution is 6.21. The molecule has 2 aromatic rings. The largest absolute Gasteiger partial charge is 0.493 e. The van der Waals surface area contributed by atoms with Crippen molar-refractivity contribution in [3.63, 3.8) is 0 Å². The lowest BCUT2D eigenvalue weighted by Crippen LogP contribution is -2.30. The molecule has 4 heteroatoms. The fraction of sp³-hybridized carbons (Fsp3) is 0.263. The number of unbranched alkanes of at least 4 members (excludes halogenated alkanes) is 1. The van der Waals surface area contributed by atoms with Crippen LogP contribution in [0, 0.1) is 6.92 Å². The standard InChI is InChI=1S/C19H19NO3/c1-14-8-2-5-11-17(14)23-13-7-6-12-20-18(21)15-9-3-4-10-16(15)19(20)22/h2-5,8-11H,6-7,12-13H2,1H3. The third kappa shape index (κ3) is 3.11. The summed E-state index contributed by atoms with van der Waals surface area (Å²) in [7, 11) is 0. The molecule has 3 rings (SSSR count). The maximum atomic E-state index is 12.2. The molecule has 0 saturated carbocycles. The van der Waals surface area contributed by atoms with Crippen molar-refractivity contribution in [2.45, 2.75) is 19.8 Å². The van der Waals surface area contributed by atoms with Gasteiger partial charge in [0.15, 0.2) is 0 Å². The van der Waals surface area contributed by atoms with Gasteiger partial charge in [0.1, 0.15) is 5.75 Å². The van der Waals surface area contributed by atoms with Crippen LogP contribution in [0.15, 0.2) is 48.5 Å². The van der Waals surface area contributed by atoms with E-state index in [0.717, 1.165) is 24.2 Å². The Bertz CT molecular complexity index is 704. The molecule has 0 spiro atoms. The maximum absolute atomic E-state index is 12.2. The van der Waals surface area contributed by atoms with Gasteiger partial charge in [-0.05, 0) is 43.5 Å². The van der Waals surface area contributed by atoms with Gasteiger partial charge in [-0.25, -0.2) is 0 Å². The molecule has 23 heavy (non-hydrogen) atoms. The highest BCUT2D eigenvalue weighted by atomic mass is 16.5. The first kappa shape index (κ1) is 15.3. The number of carbonyl (C=O) groups is 2. The number of fused-ring (bicyclic) bond motifs is 1. The fourth-order valence-corrected chi connectivity index (χ4v) is 2.71. The summed E-state index contributed by atoms with van der Waals surface area (Å²) in [5, 5.41) is 0. The molecule has 0 fully saturated rings. The minimum Gasteiger partial charge on any atom is -0.493 e. The van der Waals surface area contributed by atoms with Crippen molar-refractivity contribution in [1.29, 1.82) is 0 Å². The minimum atomic E-state index is -0.189. The smallest absolute Gasteiger partial charge is 0.261 e. The molecule has 0 atom stereocenters. The monoisotopic (exact) mass is 309 g/mol. The molecule has 0 N–H and O–H groups in total. The average Bonchev–Trinajstić information content (AvgIpc) is 2.81. The fourth-order valence-electron chi connectivity index (χ4n) is 2.71. The second-order valence-electron chi connectivity index (χ2n) is 5.63. The molecule has 2 amide bonds. The molecule has 0 unspecified atom stereocenters. The normalized spacial score (nSPS) is 13.3. The Balaban J connectivity index is 1.48. The molecule has 0 saturated heterocycles. The summed E-state index contributed by atoms with van der Waals surface area (Å²) < 4.78 is 5.73. The quantitative estimate of drug-likeness (QED) is 0.606. The number of benzene rings is 2. The van der Waals surface area contributed by atoms with Gasteiger partial charge in [-0.15, -0.1) is 0 Å². The Hall–Kier alpha value is -2.62. The van der Waals surface area contributed by atoms with Gasteiger partial charge in [0.25, 0.3) is 11.8 Å². The van der Waals surface area contributed by atoms with Crippen molar-refractivity contribution in [2.24, 2.45) is 0 Å². The molecule has 118 valence electrons. The first-order valence-electron chi connectivity index (χ1n) is 7.82. The van der Waals surface area contributed by atoms with Crippen molar-refractivity contribution >= 4 is 11.8 Å². The van der Waals surface area contributed by atoms with Gasteiger partial charge in [-0.1, -0.05) is 30.3 Å². The molecule has 2 aromatic carbocycles. The van der Waals surface area contributed by atoms with Crippen molar-refractivity contribution < 1.29 is 14.3 Å². The van der Waals surface area contributed by atoms with E-state index >= 15 is 0 Å². The Kier molecular flexibility index (Phi) is 4.42. The number of imide groups is 1. The molecular weight excluding hydrogens is 290 g/mol. The van der Waals surface area contributed by atoms with Crippen LogP contribution in [0.1, 0.15) is 39.1 Å². The summed E-state index contributed by atoms with van der Waals surface area (Å²) in [4.78, 5) is 25.8. The van der Waals surface area contributed by atoms with Crippen LogP contribution in [0.2, 0.25) is 0 Å². The third-order valence-corrected chi connectivity index (χ3v) is 4.01. The molecule has 0 bridgehead atoms. The van der Waals surface area contributed by atoms with Crippen molar-refractivity contribution in [3.8, 4) is 5.75 Å². The van der Waals surface area contributed by atoms with E-state index in [1.165, 1.54) is 4.90 Å². The molecule has 0 aliphatic carbocycles. The van der Waals surface area contributed by atoms with E-state index in [1.54, 1.807) is 24.3 Å². The third-order valence-electron chi connectivity index (χ3n) is 4.01. The lowest BCUT2D eigenvalue weighted by Gasteiger charge is -2.14. The highest BCUT2D eigenvalue weighted by Gasteiger charge is 2.34. The second kappa shape index (κ2) is 6.65. The number of rotatable bonds is 6. The van der Waals surface area contributed by atoms with E-state index in [4.69, 9.17) is 4.74 Å². The number of nitrogens with zero attached hydrogens (tertiary/aromatic N) is 1. The van der Waals surface area contributed by atoms with Gasteiger partial charge >= 0.3 is 0 Å². The average molecular weight is 309 g/mol. The number of carbonyl (C=O) groups excluding carboxylic acids is 2. The SMILES string of the molecule is Cc1ccccc1OCCCCN1C(=O)c2ccccc2C1=O. The molecule has 1 aliphatic heterocycles. The lowest BCUT2D eigenvalue weighted by molar-refractivity contribution is 0.0649. The summed E-state index contributed by atoms with van der Waals surface area (Å²) in [5.74, 6) is 0.504. The second-order valence-corrected chi connectivity index (χ2v) is 5.63. The van der Waals surface area contributed by atoms with Crippen LogP contribution in [0.3, 0.4) is 0 Å². The van der Waals surface area contributed by atoms with E-state index in [1.807, 2.05) is 31.2 Å². The number of ether oxygens (including phenoxy) is 1. The first-order chi connectivity index (χ1) is 11.2. The van der Waals surface area contributed by atoms with E-state index in [2.05, 4.69) is 0 Å². The van der Waals surface area contributed by atoms with Crippen LogP contribution >= 0.6 is 0 Å². The minimum absolute atomic E-state index is 0.189. The zero-order valence-corrected chi connectivity index (χ0v) is 13.1. The Labute approximate surface area is 135 Å². The summed E-state index contributed by atoms with van der Waals surface area (Å²) in [5.41, 5.74) is 2.12. The molecule has 0 aromatic heterocycles. The van der Waals surface area contributed by atoms with Gasteiger partial charge in [-0.3, -0.25) is 14.5 Å². The van der Waals surface area contributed by atoms with Crippen molar-refractivity contribution in [1.82, 2.24) is 4.90 Å². The van der Waals surface area contributed by atoms with Crippen LogP contribution in [0.4, 0.5) is 0 Å². The van der Waals surface area contributed by atoms with Crippen LogP contribution in [-0.4, -0.2) is 29.9 Å². The van der Waals surface area contributed by atoms with E-state index in [9.17, 15) is 9.59 Å². The lowest BCUT2D eigenvalue weighted by atomic mass is 10.1. The first-order valence-corrected chi connectivity index (χ1v) is 7.82. The van der Waals surface area contributed by atoms with Gasteiger partial charge in [0.2, 0.25) is 0 Å². The Morgan fingerprint density at radius 3 is 2.13 bits per heavy atom. The van der Waals surface area contributed by atoms with E-state index < -0.39 is 0 Å². The van der Waals surface area contributed by atoms with Crippen LogP contribution in [-0.2, 0) is 0 Å². The van der Waals surface area contributed by atoms with Gasteiger partial charge < -0.3 is 4.74 Å². The number of aryl methyl sites for hydroxylation is 1. The summed E-state index contributed by atoms with van der Waals surface area (Å²) in [6.07, 6.45) is 1.53. The zero-order valence-electron chi connectivity index (χ0n) is 13.1. The molecule has 4 nitrogen and oxygen atoms in total. The maximum Gasteiger partial charge on any atom is 0.261 e. The molecule has 0 radical (unpaired) electrons. The number of amides is 2. The summed E-state index contributed by atoms with van der Waals surface area (Å²) >= 11 is 0. The van der Waals surface area contributed by atoms with E-state index in [-0.39, 0.29) is 11.8 Å². The van der Waals surface area contributed by atoms with E-state index in [0.29, 0.717) is 24.3 Å². The topological polar surface area (TPSA) is 46.6 Å². The van der Waals surface area contributed by atoms with Crippen molar-refractivity contribution in [2.75, 3.05) is 13.2 Å². The Morgan fingerprint density at radius 1 is 0.870 bits per heavy atom. The highest BCUT2D eigenvalue weighted by Crippen LogP contribution is 2.22. The predicted octanol–water partition coefficient (Wildman–Crippen LogP) is 3.45. The summed E-state index contributed by atoms with van der Waals surface area (Å²) in [6, 6.07) is 14.8. The van der Waals surface area contributed by atoms with Crippen molar-refractivity contribution in [3.05, 3.63) is 65.2 Å². The molecule has 1 aliphatic rings. The van der Waals surface area contributed by atoms with Gasteiger partial charge in [0, 0.05) is 6.54 Å². The zero-order chi connectivity index (χ0) is 16.2. The van der Waals surface area contributed by atoms with Crippen LogP contribution in [0.25, 0.3) is 0 Å². The summed E-state index contributed by atoms with van der Waals surface area (Å²) in [6.45, 7) is 3.02. The van der Waals surface area contributed by atoms with Gasteiger partial charge in [0.05, 0.1) is 17.7 Å². The van der Waals surface area contributed by atoms with Crippen LogP contribution in [0.5, 0.6) is 5.75 Å². The van der Waals surface area contributed by atoms with Crippen LogP contribution < -0.4 is 4.74 Å². The molecular formula is C19H19NO3. The number of para-hydroxylation sites is 1. The van der Waals surface area contributed by atoms with Gasteiger partial charge in [-0.2, -0.15) is 0 Å². The number of hydrogen-bond donors (Lipinski definition) is 0. The predicted molar refractivity (Wildman–Crippen MR) is 87.7 cm³/mol. The molecule has 1 heterocycles.